The number of hydrogen-bond donors (Lipinski definition) is 0. The molecule has 34 heavy (non-hydrogen) atoms. The molecule has 0 radical (unpaired) electrons. The van der Waals surface area contributed by atoms with Crippen molar-refractivity contribution in [1.29, 1.82) is 0 Å². The number of aryl methyl sites for hydroxylation is 1. The first-order valence-corrected chi connectivity index (χ1v) is 11.9. The van der Waals surface area contributed by atoms with E-state index in [-0.39, 0.29) is 5.97 Å². The number of methoxy groups -OCH3 is 1. The van der Waals surface area contributed by atoms with Gasteiger partial charge in [-0.05, 0) is 50.5 Å². The fourth-order valence-electron chi connectivity index (χ4n) is 5.18. The fourth-order valence-corrected chi connectivity index (χ4v) is 5.18. The van der Waals surface area contributed by atoms with Crippen LogP contribution in [0.4, 0.5) is 5.69 Å². The summed E-state index contributed by atoms with van der Waals surface area (Å²) in [5.41, 5.74) is 7.48. The van der Waals surface area contributed by atoms with Crippen LogP contribution >= 0.6 is 0 Å². The topological polar surface area (TPSA) is 69.5 Å². The fraction of sp³-hybridized carbons (Fsp3) is 0.370. The summed E-state index contributed by atoms with van der Waals surface area (Å²) in [5.74, 6) is 0.980. The van der Waals surface area contributed by atoms with Gasteiger partial charge < -0.3 is 14.4 Å². The van der Waals surface area contributed by atoms with E-state index in [0.29, 0.717) is 30.2 Å². The van der Waals surface area contributed by atoms with Crippen LogP contribution in [0.25, 0.3) is 27.6 Å². The molecular formula is C27H28N4O3. The van der Waals surface area contributed by atoms with Gasteiger partial charge in [-0.3, -0.25) is 9.55 Å². The van der Waals surface area contributed by atoms with Gasteiger partial charge in [0.15, 0.2) is 0 Å². The Morgan fingerprint density at radius 3 is 2.59 bits per heavy atom. The van der Waals surface area contributed by atoms with E-state index in [1.807, 2.05) is 19.1 Å². The highest BCUT2D eigenvalue weighted by Crippen LogP contribution is 2.44. The van der Waals surface area contributed by atoms with Crippen LogP contribution in [0.1, 0.15) is 46.2 Å². The Bertz CT molecular complexity index is 1430. The molecule has 1 saturated heterocycles. The SMILES string of the molecule is COC(=O)c1cc(N2CCOCC2)cc2c1nc(C)n2-c1c(C)c(C2CC2)nc2ccccc12. The minimum absolute atomic E-state index is 0.375. The van der Waals surface area contributed by atoms with E-state index in [2.05, 4.69) is 40.7 Å². The molecule has 0 bridgehead atoms. The molecule has 0 amide bonds. The van der Waals surface area contributed by atoms with Gasteiger partial charge in [0.25, 0.3) is 0 Å². The van der Waals surface area contributed by atoms with Gasteiger partial charge in [-0.25, -0.2) is 9.78 Å². The van der Waals surface area contributed by atoms with Crippen LogP contribution in [0.2, 0.25) is 0 Å². The number of nitrogens with zero attached hydrogens (tertiary/aromatic N) is 4. The van der Waals surface area contributed by atoms with Crippen molar-refractivity contribution in [3.05, 3.63) is 59.0 Å². The Balaban J connectivity index is 1.67. The average Bonchev–Trinajstić information content (AvgIpc) is 3.66. The summed E-state index contributed by atoms with van der Waals surface area (Å²) in [6.45, 7) is 7.07. The minimum atomic E-state index is -0.375. The van der Waals surface area contributed by atoms with Gasteiger partial charge in [0, 0.05) is 35.8 Å². The van der Waals surface area contributed by atoms with E-state index in [1.165, 1.54) is 31.2 Å². The van der Waals surface area contributed by atoms with E-state index in [9.17, 15) is 4.79 Å². The van der Waals surface area contributed by atoms with Crippen molar-refractivity contribution in [3.63, 3.8) is 0 Å². The summed E-state index contributed by atoms with van der Waals surface area (Å²) in [5, 5.41) is 1.09. The van der Waals surface area contributed by atoms with Crippen LogP contribution in [-0.4, -0.2) is 53.9 Å². The van der Waals surface area contributed by atoms with Crippen molar-refractivity contribution in [1.82, 2.24) is 14.5 Å². The van der Waals surface area contributed by atoms with Crippen molar-refractivity contribution in [2.75, 3.05) is 38.3 Å². The minimum Gasteiger partial charge on any atom is -0.465 e. The number of benzene rings is 2. The molecule has 1 aliphatic heterocycles. The van der Waals surface area contributed by atoms with Gasteiger partial charge in [-0.1, -0.05) is 18.2 Å². The van der Waals surface area contributed by atoms with Crippen molar-refractivity contribution in [2.24, 2.45) is 0 Å². The van der Waals surface area contributed by atoms with E-state index in [4.69, 9.17) is 19.4 Å². The van der Waals surface area contributed by atoms with Gasteiger partial charge in [0.1, 0.15) is 11.3 Å². The third-order valence-electron chi connectivity index (χ3n) is 7.02. The number of rotatable bonds is 4. The number of aromatic nitrogens is 3. The second-order valence-electron chi connectivity index (χ2n) is 9.21. The normalized spacial score (nSPS) is 16.4. The molecule has 1 aliphatic carbocycles. The standard InChI is InChI=1S/C27H28N4O3/c1-16-24(18-8-9-18)29-22-7-5-4-6-20(22)26(16)31-17(2)28-25-21(27(32)33-3)14-19(15-23(25)31)30-10-12-34-13-11-30/h4-7,14-15,18H,8-13H2,1-3H3. The van der Waals surface area contributed by atoms with E-state index in [1.54, 1.807) is 0 Å². The zero-order chi connectivity index (χ0) is 23.4. The molecule has 7 nitrogen and oxygen atoms in total. The molecule has 2 fully saturated rings. The summed E-state index contributed by atoms with van der Waals surface area (Å²) in [6.07, 6.45) is 2.37. The van der Waals surface area contributed by atoms with E-state index >= 15 is 0 Å². The molecule has 2 aliphatic rings. The Hall–Kier alpha value is -3.45. The predicted molar refractivity (Wildman–Crippen MR) is 132 cm³/mol. The Labute approximate surface area is 198 Å². The van der Waals surface area contributed by atoms with Crippen molar-refractivity contribution < 1.29 is 14.3 Å². The summed E-state index contributed by atoms with van der Waals surface area (Å²) in [7, 11) is 1.42. The van der Waals surface area contributed by atoms with Gasteiger partial charge in [-0.2, -0.15) is 0 Å². The van der Waals surface area contributed by atoms with Crippen molar-refractivity contribution >= 4 is 33.6 Å². The number of anilines is 1. The smallest absolute Gasteiger partial charge is 0.340 e. The van der Waals surface area contributed by atoms with Crippen molar-refractivity contribution in [3.8, 4) is 5.69 Å². The first-order valence-electron chi connectivity index (χ1n) is 11.9. The third-order valence-corrected chi connectivity index (χ3v) is 7.02. The van der Waals surface area contributed by atoms with Crippen LogP contribution in [0, 0.1) is 13.8 Å². The largest absolute Gasteiger partial charge is 0.465 e. The number of para-hydroxylation sites is 1. The Kier molecular flexibility index (Phi) is 5.03. The zero-order valence-corrected chi connectivity index (χ0v) is 19.8. The zero-order valence-electron chi connectivity index (χ0n) is 19.8. The van der Waals surface area contributed by atoms with E-state index in [0.717, 1.165) is 46.7 Å². The maximum Gasteiger partial charge on any atom is 0.340 e. The second-order valence-corrected chi connectivity index (χ2v) is 9.21. The molecule has 4 aromatic rings. The molecule has 3 heterocycles. The lowest BCUT2D eigenvalue weighted by atomic mass is 10.0. The lowest BCUT2D eigenvalue weighted by molar-refractivity contribution is 0.0603. The molecule has 1 saturated carbocycles. The highest BCUT2D eigenvalue weighted by molar-refractivity contribution is 6.05. The molecule has 2 aromatic heterocycles. The maximum atomic E-state index is 12.8. The predicted octanol–water partition coefficient (Wildman–Crippen LogP) is 4.69. The monoisotopic (exact) mass is 456 g/mol. The molecule has 0 atom stereocenters. The summed E-state index contributed by atoms with van der Waals surface area (Å²) >= 11 is 0. The van der Waals surface area contributed by atoms with E-state index < -0.39 is 0 Å². The van der Waals surface area contributed by atoms with Crippen LogP contribution in [0.5, 0.6) is 0 Å². The Morgan fingerprint density at radius 2 is 1.85 bits per heavy atom. The first kappa shape index (κ1) is 21.1. The lowest BCUT2D eigenvalue weighted by Gasteiger charge is -2.29. The molecule has 7 heteroatoms. The number of pyridine rings is 1. The van der Waals surface area contributed by atoms with Crippen molar-refractivity contribution in [2.45, 2.75) is 32.6 Å². The van der Waals surface area contributed by atoms with Gasteiger partial charge in [0.05, 0.1) is 42.6 Å². The number of morpholine rings is 1. The van der Waals surface area contributed by atoms with Gasteiger partial charge >= 0.3 is 5.97 Å². The van der Waals surface area contributed by atoms with Gasteiger partial charge in [0.2, 0.25) is 0 Å². The number of hydrogen-bond acceptors (Lipinski definition) is 6. The molecule has 174 valence electrons. The molecule has 0 N–H and O–H groups in total. The number of carbonyl (C=O) groups is 1. The molecule has 0 unspecified atom stereocenters. The van der Waals surface area contributed by atoms with Crippen LogP contribution in [0.3, 0.4) is 0 Å². The molecular weight excluding hydrogens is 428 g/mol. The Morgan fingerprint density at radius 1 is 1.09 bits per heavy atom. The third kappa shape index (κ3) is 3.34. The number of ether oxygens (including phenoxy) is 2. The van der Waals surface area contributed by atoms with Gasteiger partial charge in [-0.15, -0.1) is 0 Å². The molecule has 2 aromatic carbocycles. The van der Waals surface area contributed by atoms with Crippen LogP contribution in [-0.2, 0) is 9.47 Å². The van der Waals surface area contributed by atoms with Crippen LogP contribution in [0.15, 0.2) is 36.4 Å². The van der Waals surface area contributed by atoms with Crippen LogP contribution < -0.4 is 4.90 Å². The summed E-state index contributed by atoms with van der Waals surface area (Å²) < 4.78 is 12.9. The number of esters is 1. The number of imidazole rings is 1. The maximum absolute atomic E-state index is 12.8. The average molecular weight is 457 g/mol. The lowest BCUT2D eigenvalue weighted by Crippen LogP contribution is -2.36. The number of fused-ring (bicyclic) bond motifs is 2. The highest BCUT2D eigenvalue weighted by atomic mass is 16.5. The second kappa shape index (κ2) is 8.09. The highest BCUT2D eigenvalue weighted by Gasteiger charge is 2.30. The summed E-state index contributed by atoms with van der Waals surface area (Å²) in [6, 6.07) is 12.4. The number of carbonyl (C=O) groups excluding carboxylic acids is 1. The quantitative estimate of drug-likeness (QED) is 0.415. The molecule has 0 spiro atoms. The molecule has 6 rings (SSSR count). The first-order chi connectivity index (χ1) is 16.6. The summed E-state index contributed by atoms with van der Waals surface area (Å²) in [4.78, 5) is 25.0.